The monoisotopic (exact) mass is 377 g/mol. The van der Waals surface area contributed by atoms with E-state index in [1.807, 2.05) is 0 Å². The first kappa shape index (κ1) is 21.5. The van der Waals surface area contributed by atoms with Crippen molar-refractivity contribution < 1.29 is 14.3 Å². The molecule has 1 saturated heterocycles. The van der Waals surface area contributed by atoms with Crippen LogP contribution in [0, 0.1) is 0 Å². The molecule has 1 fully saturated rings. The predicted molar refractivity (Wildman–Crippen MR) is 110 cm³/mol. The van der Waals surface area contributed by atoms with Crippen LogP contribution in [0.1, 0.15) is 46.5 Å². The van der Waals surface area contributed by atoms with Gasteiger partial charge in [0.2, 0.25) is 5.91 Å². The first-order valence-electron chi connectivity index (χ1n) is 9.86. The molecule has 6 nitrogen and oxygen atoms in total. The maximum absolute atomic E-state index is 12.4. The number of hydrogen-bond acceptors (Lipinski definition) is 5. The lowest BCUT2D eigenvalue weighted by Gasteiger charge is -2.41. The number of nitrogens with one attached hydrogen (secondary N) is 2. The summed E-state index contributed by atoms with van der Waals surface area (Å²) in [6.07, 6.45) is 4.31. The van der Waals surface area contributed by atoms with Crippen molar-refractivity contribution in [2.75, 3.05) is 39.2 Å². The summed E-state index contributed by atoms with van der Waals surface area (Å²) in [6.45, 7) is 9.81. The van der Waals surface area contributed by atoms with E-state index in [4.69, 9.17) is 9.47 Å². The van der Waals surface area contributed by atoms with E-state index in [1.165, 1.54) is 32.4 Å². The lowest BCUT2D eigenvalue weighted by Crippen LogP contribution is -2.53. The molecular formula is C21H35N3O3. The Morgan fingerprint density at radius 3 is 2.52 bits per heavy atom. The zero-order valence-electron chi connectivity index (χ0n) is 17.4. The number of ether oxygens (including phenoxy) is 2. The quantitative estimate of drug-likeness (QED) is 0.691. The summed E-state index contributed by atoms with van der Waals surface area (Å²) in [5.41, 5.74) is 0.758. The highest BCUT2D eigenvalue weighted by atomic mass is 16.5. The van der Waals surface area contributed by atoms with Crippen molar-refractivity contribution in [3.63, 3.8) is 0 Å². The third-order valence-electron chi connectivity index (χ3n) is 5.27. The number of nitrogens with zero attached hydrogens (tertiary/aromatic N) is 1. The molecule has 1 atom stereocenters. The number of hydrogen-bond donors (Lipinski definition) is 2. The Hall–Kier alpha value is -1.79. The molecule has 0 aliphatic carbocycles. The van der Waals surface area contributed by atoms with Crippen LogP contribution in [0.4, 0.5) is 5.69 Å². The number of carbonyl (C=O) groups is 1. The summed E-state index contributed by atoms with van der Waals surface area (Å²) in [5.74, 6) is 1.25. The lowest BCUT2D eigenvalue weighted by molar-refractivity contribution is -0.116. The summed E-state index contributed by atoms with van der Waals surface area (Å²) in [4.78, 5) is 15.0. The molecule has 2 rings (SSSR count). The highest BCUT2D eigenvalue weighted by molar-refractivity contribution is 5.92. The normalized spacial score (nSPS) is 16.6. The van der Waals surface area contributed by atoms with Crippen molar-refractivity contribution in [2.45, 2.75) is 58.0 Å². The summed E-state index contributed by atoms with van der Waals surface area (Å²) >= 11 is 0. The summed E-state index contributed by atoms with van der Waals surface area (Å²) in [5, 5.41) is 6.46. The van der Waals surface area contributed by atoms with Crippen LogP contribution in [0.15, 0.2) is 18.2 Å². The summed E-state index contributed by atoms with van der Waals surface area (Å²) in [6, 6.07) is 5.46. The maximum Gasteiger partial charge on any atom is 0.226 e. The smallest absolute Gasteiger partial charge is 0.226 e. The van der Waals surface area contributed by atoms with Gasteiger partial charge in [-0.05, 0) is 58.8 Å². The van der Waals surface area contributed by atoms with Crippen LogP contribution in [0.2, 0.25) is 0 Å². The minimum absolute atomic E-state index is 0.0331. The van der Waals surface area contributed by atoms with Crippen molar-refractivity contribution in [3.8, 4) is 11.5 Å². The van der Waals surface area contributed by atoms with Gasteiger partial charge in [0.25, 0.3) is 0 Å². The number of benzene rings is 1. The molecule has 1 aromatic carbocycles. The lowest BCUT2D eigenvalue weighted by atomic mass is 9.98. The third-order valence-corrected chi connectivity index (χ3v) is 5.27. The topological polar surface area (TPSA) is 62.8 Å². The average Bonchev–Trinajstić information content (AvgIpc) is 2.67. The van der Waals surface area contributed by atoms with Gasteiger partial charge >= 0.3 is 0 Å². The van der Waals surface area contributed by atoms with Crippen LogP contribution in [-0.4, -0.2) is 56.2 Å². The molecule has 0 saturated carbocycles. The molecule has 1 amide bonds. The summed E-state index contributed by atoms with van der Waals surface area (Å²) < 4.78 is 10.5. The second-order valence-corrected chi connectivity index (χ2v) is 7.96. The fourth-order valence-corrected chi connectivity index (χ4v) is 3.49. The van der Waals surface area contributed by atoms with Crippen LogP contribution in [0.3, 0.4) is 0 Å². The minimum atomic E-state index is -0.0331. The first-order valence-corrected chi connectivity index (χ1v) is 9.86. The maximum atomic E-state index is 12.4. The molecule has 0 radical (unpaired) electrons. The molecule has 2 N–H and O–H groups in total. The largest absolute Gasteiger partial charge is 0.497 e. The second kappa shape index (κ2) is 9.95. The summed E-state index contributed by atoms with van der Waals surface area (Å²) in [7, 11) is 3.18. The van der Waals surface area contributed by atoms with Crippen LogP contribution < -0.4 is 20.1 Å². The second-order valence-electron chi connectivity index (χ2n) is 7.96. The molecule has 1 heterocycles. The fourth-order valence-electron chi connectivity index (χ4n) is 3.49. The standard InChI is InChI=1S/C21H35N3O3/c1-16(22-15-21(2,3)24-11-7-6-8-12-24)13-20(25)23-18-10-9-17(26-4)14-19(18)27-5/h9-10,14,16,22H,6-8,11-13,15H2,1-5H3,(H,23,25). The van der Waals surface area contributed by atoms with E-state index in [9.17, 15) is 4.79 Å². The van der Waals surface area contributed by atoms with Crippen molar-refractivity contribution in [3.05, 3.63) is 18.2 Å². The molecular weight excluding hydrogens is 342 g/mol. The molecule has 6 heteroatoms. The van der Waals surface area contributed by atoms with E-state index in [-0.39, 0.29) is 17.5 Å². The van der Waals surface area contributed by atoms with Crippen molar-refractivity contribution in [2.24, 2.45) is 0 Å². The number of anilines is 1. The van der Waals surface area contributed by atoms with Gasteiger partial charge in [0.05, 0.1) is 19.9 Å². The third kappa shape index (κ3) is 6.40. The number of amides is 1. The highest BCUT2D eigenvalue weighted by Crippen LogP contribution is 2.29. The van der Waals surface area contributed by atoms with E-state index in [0.717, 1.165) is 6.54 Å². The number of carbonyl (C=O) groups excluding carboxylic acids is 1. The molecule has 0 spiro atoms. The Balaban J connectivity index is 1.83. The van der Waals surface area contributed by atoms with E-state index >= 15 is 0 Å². The van der Waals surface area contributed by atoms with Gasteiger partial charge in [0.15, 0.2) is 0 Å². The molecule has 27 heavy (non-hydrogen) atoms. The van der Waals surface area contributed by atoms with E-state index < -0.39 is 0 Å². The molecule has 0 bridgehead atoms. The van der Waals surface area contributed by atoms with Gasteiger partial charge < -0.3 is 20.1 Å². The Kier molecular flexibility index (Phi) is 7.92. The van der Waals surface area contributed by atoms with Gasteiger partial charge in [-0.15, -0.1) is 0 Å². The van der Waals surface area contributed by atoms with E-state index in [0.29, 0.717) is 23.6 Å². The van der Waals surface area contributed by atoms with Crippen molar-refractivity contribution in [1.82, 2.24) is 10.2 Å². The zero-order chi connectivity index (χ0) is 19.9. The zero-order valence-corrected chi connectivity index (χ0v) is 17.4. The van der Waals surface area contributed by atoms with Gasteiger partial charge in [-0.25, -0.2) is 0 Å². The van der Waals surface area contributed by atoms with E-state index in [2.05, 4.69) is 36.3 Å². The molecule has 1 aliphatic rings. The van der Waals surface area contributed by atoms with Crippen LogP contribution in [0.25, 0.3) is 0 Å². The molecule has 1 aliphatic heterocycles. The number of rotatable bonds is 9. The minimum Gasteiger partial charge on any atom is -0.497 e. The Morgan fingerprint density at radius 2 is 1.89 bits per heavy atom. The SMILES string of the molecule is COc1ccc(NC(=O)CC(C)NCC(C)(C)N2CCCCC2)c(OC)c1. The predicted octanol–water partition coefficient (Wildman–Crippen LogP) is 3.28. The molecule has 1 aromatic rings. The molecule has 0 aromatic heterocycles. The average molecular weight is 378 g/mol. The fraction of sp³-hybridized carbons (Fsp3) is 0.667. The van der Waals surface area contributed by atoms with Crippen molar-refractivity contribution in [1.29, 1.82) is 0 Å². The number of likely N-dealkylation sites (tertiary alicyclic amines) is 1. The number of piperidine rings is 1. The Bertz CT molecular complexity index is 613. The van der Waals surface area contributed by atoms with Gasteiger partial charge in [-0.1, -0.05) is 6.42 Å². The van der Waals surface area contributed by atoms with Crippen LogP contribution in [-0.2, 0) is 4.79 Å². The van der Waals surface area contributed by atoms with Gasteiger partial charge in [-0.2, -0.15) is 0 Å². The first-order chi connectivity index (χ1) is 12.9. The number of methoxy groups -OCH3 is 2. The van der Waals surface area contributed by atoms with Gasteiger partial charge in [-0.3, -0.25) is 9.69 Å². The van der Waals surface area contributed by atoms with Gasteiger partial charge in [0, 0.05) is 30.6 Å². The highest BCUT2D eigenvalue weighted by Gasteiger charge is 2.28. The molecule has 152 valence electrons. The van der Waals surface area contributed by atoms with Gasteiger partial charge in [0.1, 0.15) is 11.5 Å². The van der Waals surface area contributed by atoms with Crippen LogP contribution in [0.5, 0.6) is 11.5 Å². The Morgan fingerprint density at radius 1 is 1.19 bits per heavy atom. The van der Waals surface area contributed by atoms with Crippen LogP contribution >= 0.6 is 0 Å². The molecule has 1 unspecified atom stereocenters. The Labute approximate surface area is 163 Å². The van der Waals surface area contributed by atoms with E-state index in [1.54, 1.807) is 32.4 Å². The van der Waals surface area contributed by atoms with Crippen molar-refractivity contribution >= 4 is 11.6 Å².